The monoisotopic (exact) mass is 219 g/mol. The Hall–Kier alpha value is -1.58. The zero-order valence-electron chi connectivity index (χ0n) is 9.49. The van der Waals surface area contributed by atoms with Gasteiger partial charge in [0.25, 0.3) is 5.91 Å². The summed E-state index contributed by atoms with van der Waals surface area (Å²) < 4.78 is 0. The number of aromatic nitrogens is 1. The molecule has 0 radical (unpaired) electrons. The van der Waals surface area contributed by atoms with Crippen LogP contribution in [0.15, 0.2) is 18.5 Å². The van der Waals surface area contributed by atoms with Crippen molar-refractivity contribution in [1.29, 1.82) is 0 Å². The van der Waals surface area contributed by atoms with Crippen molar-refractivity contribution in [2.24, 2.45) is 5.41 Å². The quantitative estimate of drug-likeness (QED) is 0.808. The first kappa shape index (κ1) is 10.9. The number of nitrogens with zero attached hydrogens (tertiary/aromatic N) is 1. The number of hydrogen-bond donors (Lipinski definition) is 2. The zero-order chi connectivity index (χ0) is 11.6. The van der Waals surface area contributed by atoms with Gasteiger partial charge in [-0.15, -0.1) is 0 Å². The Morgan fingerprint density at radius 2 is 2.38 bits per heavy atom. The second kappa shape index (κ2) is 4.12. The molecule has 0 unspecified atom stereocenters. The van der Waals surface area contributed by atoms with Gasteiger partial charge in [0.1, 0.15) is 0 Å². The van der Waals surface area contributed by atoms with Gasteiger partial charge < -0.3 is 11.1 Å². The predicted molar refractivity (Wildman–Crippen MR) is 62.9 cm³/mol. The van der Waals surface area contributed by atoms with E-state index in [1.807, 2.05) is 0 Å². The summed E-state index contributed by atoms with van der Waals surface area (Å²) in [5.74, 6) is -0.120. The van der Waals surface area contributed by atoms with Gasteiger partial charge >= 0.3 is 0 Å². The van der Waals surface area contributed by atoms with E-state index in [1.54, 1.807) is 12.3 Å². The van der Waals surface area contributed by atoms with E-state index in [1.165, 1.54) is 19.0 Å². The Morgan fingerprint density at radius 3 is 2.94 bits per heavy atom. The molecule has 1 amide bonds. The second-order valence-electron chi connectivity index (χ2n) is 4.50. The maximum absolute atomic E-state index is 11.8. The number of anilines is 1. The van der Waals surface area contributed by atoms with Gasteiger partial charge in [0.15, 0.2) is 0 Å². The number of carbonyl (C=O) groups is 1. The van der Waals surface area contributed by atoms with E-state index >= 15 is 0 Å². The van der Waals surface area contributed by atoms with Crippen LogP contribution in [0.4, 0.5) is 5.69 Å². The number of pyridine rings is 1. The molecule has 1 aromatic heterocycles. The molecule has 16 heavy (non-hydrogen) atoms. The lowest BCUT2D eigenvalue weighted by atomic mass is 10.0. The Bertz CT molecular complexity index is 399. The summed E-state index contributed by atoms with van der Waals surface area (Å²) in [6.45, 7) is 2.91. The van der Waals surface area contributed by atoms with E-state index in [2.05, 4.69) is 17.2 Å². The highest BCUT2D eigenvalue weighted by Gasteiger charge is 2.40. The minimum atomic E-state index is -0.120. The van der Waals surface area contributed by atoms with Crippen LogP contribution in [-0.2, 0) is 0 Å². The summed E-state index contributed by atoms with van der Waals surface area (Å²) in [5, 5.41) is 2.93. The van der Waals surface area contributed by atoms with Crippen LogP contribution < -0.4 is 11.1 Å². The first-order chi connectivity index (χ1) is 7.67. The molecule has 2 rings (SSSR count). The van der Waals surface area contributed by atoms with Crippen LogP contribution in [0.1, 0.15) is 36.5 Å². The van der Waals surface area contributed by atoms with Crippen molar-refractivity contribution in [3.8, 4) is 0 Å². The lowest BCUT2D eigenvalue weighted by Crippen LogP contribution is -2.30. The molecule has 4 nitrogen and oxygen atoms in total. The molecule has 1 saturated carbocycles. The number of rotatable bonds is 4. The van der Waals surface area contributed by atoms with Crippen LogP contribution in [0.5, 0.6) is 0 Å². The van der Waals surface area contributed by atoms with Gasteiger partial charge in [-0.3, -0.25) is 9.78 Å². The maximum Gasteiger partial charge on any atom is 0.254 e. The average Bonchev–Trinajstić information content (AvgIpc) is 3.07. The third kappa shape index (κ3) is 2.15. The number of amides is 1. The van der Waals surface area contributed by atoms with E-state index < -0.39 is 0 Å². The molecule has 0 bridgehead atoms. The third-order valence-electron chi connectivity index (χ3n) is 3.43. The summed E-state index contributed by atoms with van der Waals surface area (Å²) in [4.78, 5) is 15.7. The van der Waals surface area contributed by atoms with Crippen LogP contribution in [0.25, 0.3) is 0 Å². The van der Waals surface area contributed by atoms with Crippen LogP contribution in [0.2, 0.25) is 0 Å². The van der Waals surface area contributed by atoms with Gasteiger partial charge in [-0.05, 0) is 30.7 Å². The molecular weight excluding hydrogens is 202 g/mol. The highest BCUT2D eigenvalue weighted by Crippen LogP contribution is 2.47. The van der Waals surface area contributed by atoms with Gasteiger partial charge in [0.2, 0.25) is 0 Å². The Morgan fingerprint density at radius 1 is 1.62 bits per heavy atom. The van der Waals surface area contributed by atoms with Crippen molar-refractivity contribution in [2.75, 3.05) is 12.3 Å². The molecule has 1 aliphatic rings. The smallest absolute Gasteiger partial charge is 0.254 e. The van der Waals surface area contributed by atoms with Crippen molar-refractivity contribution >= 4 is 11.6 Å². The largest absolute Gasteiger partial charge is 0.398 e. The van der Waals surface area contributed by atoms with Crippen LogP contribution in [0.3, 0.4) is 0 Å². The van der Waals surface area contributed by atoms with Gasteiger partial charge in [-0.2, -0.15) is 0 Å². The van der Waals surface area contributed by atoms with Gasteiger partial charge in [-0.25, -0.2) is 0 Å². The molecule has 0 atom stereocenters. The van der Waals surface area contributed by atoms with Gasteiger partial charge in [0.05, 0.1) is 5.56 Å². The van der Waals surface area contributed by atoms with E-state index in [4.69, 9.17) is 5.73 Å². The molecule has 1 fully saturated rings. The molecule has 0 spiro atoms. The highest BCUT2D eigenvalue weighted by atomic mass is 16.1. The minimum absolute atomic E-state index is 0.120. The summed E-state index contributed by atoms with van der Waals surface area (Å²) in [5.41, 5.74) is 7.01. The molecule has 0 aliphatic heterocycles. The topological polar surface area (TPSA) is 68.0 Å². The molecule has 4 heteroatoms. The lowest BCUT2D eigenvalue weighted by Gasteiger charge is -2.13. The first-order valence-electron chi connectivity index (χ1n) is 5.64. The van der Waals surface area contributed by atoms with Crippen molar-refractivity contribution in [3.63, 3.8) is 0 Å². The van der Waals surface area contributed by atoms with E-state index in [9.17, 15) is 4.79 Å². The highest BCUT2D eigenvalue weighted by molar-refractivity contribution is 5.98. The van der Waals surface area contributed by atoms with Crippen LogP contribution >= 0.6 is 0 Å². The number of nitrogens with one attached hydrogen (secondary N) is 1. The number of nitrogens with two attached hydrogens (primary N) is 1. The van der Waals surface area contributed by atoms with Crippen molar-refractivity contribution < 1.29 is 4.79 Å². The number of hydrogen-bond acceptors (Lipinski definition) is 3. The lowest BCUT2D eigenvalue weighted by molar-refractivity contribution is 0.0945. The molecule has 1 aromatic rings. The second-order valence-corrected chi connectivity index (χ2v) is 4.50. The number of carbonyl (C=O) groups excluding carboxylic acids is 1. The summed E-state index contributed by atoms with van der Waals surface area (Å²) in [7, 11) is 0. The number of nitrogen functional groups attached to an aromatic ring is 1. The predicted octanol–water partition coefficient (Wildman–Crippen LogP) is 1.58. The SMILES string of the molecule is CCC1(CNC(=O)c2cnccc2N)CC1. The maximum atomic E-state index is 11.8. The van der Waals surface area contributed by atoms with Gasteiger partial charge in [0, 0.05) is 24.6 Å². The summed E-state index contributed by atoms with van der Waals surface area (Å²) in [6, 6.07) is 1.64. The molecule has 1 aliphatic carbocycles. The van der Waals surface area contributed by atoms with Crippen LogP contribution in [-0.4, -0.2) is 17.4 Å². The molecule has 0 saturated heterocycles. The molecule has 3 N–H and O–H groups in total. The van der Waals surface area contributed by atoms with E-state index in [-0.39, 0.29) is 5.91 Å². The fourth-order valence-electron chi connectivity index (χ4n) is 1.79. The van der Waals surface area contributed by atoms with Crippen LogP contribution in [0, 0.1) is 5.41 Å². The standard InChI is InChI=1S/C12H17N3O/c1-2-12(4-5-12)8-15-11(16)9-7-14-6-3-10(9)13/h3,6-7H,2,4-5,8H2,1H3,(H2,13,14)(H,15,16). The fourth-order valence-corrected chi connectivity index (χ4v) is 1.79. The third-order valence-corrected chi connectivity index (χ3v) is 3.43. The Balaban J connectivity index is 1.96. The Kier molecular flexibility index (Phi) is 2.81. The molecular formula is C12H17N3O. The summed E-state index contributed by atoms with van der Waals surface area (Å²) in [6.07, 6.45) is 6.64. The molecule has 86 valence electrons. The normalized spacial score (nSPS) is 16.8. The zero-order valence-corrected chi connectivity index (χ0v) is 9.49. The first-order valence-corrected chi connectivity index (χ1v) is 5.64. The van der Waals surface area contributed by atoms with E-state index in [0.29, 0.717) is 16.7 Å². The Labute approximate surface area is 95.3 Å². The van der Waals surface area contributed by atoms with Crippen molar-refractivity contribution in [2.45, 2.75) is 26.2 Å². The van der Waals surface area contributed by atoms with E-state index in [0.717, 1.165) is 13.0 Å². The van der Waals surface area contributed by atoms with Gasteiger partial charge in [-0.1, -0.05) is 6.92 Å². The summed E-state index contributed by atoms with van der Waals surface area (Å²) >= 11 is 0. The molecule has 1 heterocycles. The van der Waals surface area contributed by atoms with Crippen molar-refractivity contribution in [3.05, 3.63) is 24.0 Å². The van der Waals surface area contributed by atoms with Crippen molar-refractivity contribution in [1.82, 2.24) is 10.3 Å². The minimum Gasteiger partial charge on any atom is -0.398 e. The fraction of sp³-hybridized carbons (Fsp3) is 0.500. The average molecular weight is 219 g/mol. The molecule has 0 aromatic carbocycles.